The zero-order valence-corrected chi connectivity index (χ0v) is 15.6. The molecule has 0 unspecified atom stereocenters. The highest BCUT2D eigenvalue weighted by molar-refractivity contribution is 6.01. The van der Waals surface area contributed by atoms with E-state index >= 15 is 0 Å². The second-order valence-electron chi connectivity index (χ2n) is 5.83. The van der Waals surface area contributed by atoms with Gasteiger partial charge in [-0.3, -0.25) is 0 Å². The van der Waals surface area contributed by atoms with Crippen molar-refractivity contribution >= 4 is 23.9 Å². The Kier molecular flexibility index (Phi) is 9.14. The van der Waals surface area contributed by atoms with Gasteiger partial charge in [-0.05, 0) is 48.2 Å². The van der Waals surface area contributed by atoms with Gasteiger partial charge in [0.2, 0.25) is 0 Å². The van der Waals surface area contributed by atoms with Crippen molar-refractivity contribution in [3.05, 3.63) is 69.8 Å². The van der Waals surface area contributed by atoms with E-state index in [0.29, 0.717) is 0 Å². The Labute approximate surface area is 170 Å². The summed E-state index contributed by atoms with van der Waals surface area (Å²) in [6.07, 6.45) is 0.0795. The van der Waals surface area contributed by atoms with Crippen molar-refractivity contribution in [1.82, 2.24) is 0 Å². The second-order valence-corrected chi connectivity index (χ2v) is 5.83. The van der Waals surface area contributed by atoms with Crippen molar-refractivity contribution < 1.29 is 49.8 Å². The number of benzene rings is 2. The number of carbonyl (C=O) groups is 4. The average Bonchev–Trinajstić information content (AvgIpc) is 2.69. The number of aliphatic hydroxyl groups excluding tert-OH is 2. The lowest BCUT2D eigenvalue weighted by Crippen LogP contribution is -2.14. The number of aliphatic hydroxyl groups is 2. The summed E-state index contributed by atoms with van der Waals surface area (Å²) in [6.45, 7) is -0.580. The van der Waals surface area contributed by atoms with E-state index in [2.05, 4.69) is 0 Å². The van der Waals surface area contributed by atoms with Crippen molar-refractivity contribution in [2.75, 3.05) is 13.2 Å². The number of carboxylic acids is 4. The lowest BCUT2D eigenvalue weighted by Gasteiger charge is -2.14. The number of hydrogen-bond donors (Lipinski definition) is 6. The highest BCUT2D eigenvalue weighted by Gasteiger charge is 2.20. The van der Waals surface area contributed by atoms with Crippen LogP contribution in [0.25, 0.3) is 0 Å². The van der Waals surface area contributed by atoms with Crippen LogP contribution in [0.5, 0.6) is 0 Å². The molecule has 160 valence electrons. The van der Waals surface area contributed by atoms with Gasteiger partial charge in [-0.15, -0.1) is 0 Å². The maximum absolute atomic E-state index is 11.0. The fourth-order valence-corrected chi connectivity index (χ4v) is 2.74. The Balaban J connectivity index is 0.000000325. The zero-order valence-electron chi connectivity index (χ0n) is 15.6. The van der Waals surface area contributed by atoms with Crippen molar-refractivity contribution in [3.63, 3.8) is 0 Å². The van der Waals surface area contributed by atoms with Gasteiger partial charge < -0.3 is 30.6 Å². The topological polar surface area (TPSA) is 190 Å². The van der Waals surface area contributed by atoms with E-state index < -0.39 is 23.9 Å². The lowest BCUT2D eigenvalue weighted by molar-refractivity contribution is 0.0651. The minimum atomic E-state index is -1.23. The number of carboxylic acid groups (broad SMARTS) is 4. The molecule has 0 aliphatic carbocycles. The summed E-state index contributed by atoms with van der Waals surface area (Å²) in [4.78, 5) is 43.0. The van der Waals surface area contributed by atoms with Gasteiger partial charge in [-0.25, -0.2) is 19.2 Å². The molecule has 30 heavy (non-hydrogen) atoms. The van der Waals surface area contributed by atoms with Gasteiger partial charge >= 0.3 is 23.9 Å². The first kappa shape index (κ1) is 24.3. The number of aromatic carboxylic acids is 4. The van der Waals surface area contributed by atoms with Crippen molar-refractivity contribution in [2.24, 2.45) is 0 Å². The molecule has 0 radical (unpaired) electrons. The summed E-state index contributed by atoms with van der Waals surface area (Å²) in [6, 6.07) is 7.89. The molecule has 6 N–H and O–H groups in total. The van der Waals surface area contributed by atoms with E-state index in [0.717, 1.165) is 0 Å². The van der Waals surface area contributed by atoms with Gasteiger partial charge in [0.1, 0.15) is 0 Å². The normalized spacial score (nSPS) is 9.93. The van der Waals surface area contributed by atoms with E-state index in [1.165, 1.54) is 36.4 Å². The Morgan fingerprint density at radius 3 is 1.07 bits per heavy atom. The van der Waals surface area contributed by atoms with Crippen molar-refractivity contribution in [1.29, 1.82) is 0 Å². The summed E-state index contributed by atoms with van der Waals surface area (Å²) < 4.78 is 0. The first-order chi connectivity index (χ1) is 14.1. The van der Waals surface area contributed by atoms with Crippen molar-refractivity contribution in [2.45, 2.75) is 12.8 Å². The largest absolute Gasteiger partial charge is 0.478 e. The standard InChI is InChI=1S/C12H14O6.C8H6O4/c13-5-3-7-8(4-6-14)10(12(17)18)2-1-9(7)11(15)16;9-7(10)5-3-1-2-4-6(5)8(11)12/h1-2,13-14H,3-6H2,(H,15,16)(H,17,18);1-4H,(H,9,10)(H,11,12). The predicted molar refractivity (Wildman–Crippen MR) is 102 cm³/mol. The predicted octanol–water partition coefficient (Wildman–Crippen LogP) is 1.24. The van der Waals surface area contributed by atoms with Crippen molar-refractivity contribution in [3.8, 4) is 0 Å². The minimum Gasteiger partial charge on any atom is -0.478 e. The summed E-state index contributed by atoms with van der Waals surface area (Å²) in [5.41, 5.74) is 0.0582. The zero-order chi connectivity index (χ0) is 22.8. The van der Waals surface area contributed by atoms with Crippen LogP contribution in [0, 0.1) is 0 Å². The third kappa shape index (κ3) is 6.12. The van der Waals surface area contributed by atoms with Crippen LogP contribution < -0.4 is 0 Å². The smallest absolute Gasteiger partial charge is 0.336 e. The van der Waals surface area contributed by atoms with Crippen LogP contribution in [0.3, 0.4) is 0 Å². The van der Waals surface area contributed by atoms with Gasteiger partial charge in [0, 0.05) is 13.2 Å². The van der Waals surface area contributed by atoms with E-state index in [9.17, 15) is 19.2 Å². The highest BCUT2D eigenvalue weighted by Crippen LogP contribution is 2.21. The molecule has 0 aliphatic heterocycles. The molecule has 0 spiro atoms. The van der Waals surface area contributed by atoms with E-state index in [1.54, 1.807) is 0 Å². The maximum atomic E-state index is 11.0. The summed E-state index contributed by atoms with van der Waals surface area (Å²) in [5, 5.41) is 53.0. The Morgan fingerprint density at radius 2 is 0.833 bits per heavy atom. The third-order valence-corrected chi connectivity index (χ3v) is 4.00. The van der Waals surface area contributed by atoms with Crippen LogP contribution in [0.4, 0.5) is 0 Å². The quantitative estimate of drug-likeness (QED) is 0.362. The Morgan fingerprint density at radius 1 is 0.533 bits per heavy atom. The van der Waals surface area contributed by atoms with Crippen LogP contribution in [0.15, 0.2) is 36.4 Å². The first-order valence-electron chi connectivity index (χ1n) is 8.54. The van der Waals surface area contributed by atoms with E-state index in [1.807, 2.05) is 0 Å². The molecule has 2 aromatic rings. The molecule has 0 bridgehead atoms. The van der Waals surface area contributed by atoms with Gasteiger partial charge in [-0.2, -0.15) is 0 Å². The molecule has 0 aliphatic rings. The van der Waals surface area contributed by atoms with Gasteiger partial charge in [0.25, 0.3) is 0 Å². The molecule has 0 saturated carbocycles. The summed E-state index contributed by atoms with van der Waals surface area (Å²) in [7, 11) is 0. The Bertz CT molecular complexity index is 873. The average molecular weight is 420 g/mol. The SMILES string of the molecule is O=C(O)c1ccc(C(=O)O)c(CCO)c1CCO.O=C(O)c1ccccc1C(=O)O. The Hall–Kier alpha value is -3.76. The molecule has 10 nitrogen and oxygen atoms in total. The monoisotopic (exact) mass is 420 g/mol. The third-order valence-electron chi connectivity index (χ3n) is 4.00. The highest BCUT2D eigenvalue weighted by atomic mass is 16.4. The molecule has 0 amide bonds. The van der Waals surface area contributed by atoms with E-state index in [4.69, 9.17) is 30.6 Å². The fraction of sp³-hybridized carbons (Fsp3) is 0.200. The molecule has 0 atom stereocenters. The maximum Gasteiger partial charge on any atom is 0.336 e. The molecule has 0 heterocycles. The molecule has 0 aromatic heterocycles. The molecule has 0 fully saturated rings. The second kappa shape index (κ2) is 11.3. The summed E-state index contributed by atoms with van der Waals surface area (Å²) in [5.74, 6) is -4.83. The molecule has 2 rings (SSSR count). The molecular weight excluding hydrogens is 400 g/mol. The number of hydrogen-bond acceptors (Lipinski definition) is 6. The van der Waals surface area contributed by atoms with Crippen LogP contribution >= 0.6 is 0 Å². The molecular formula is C20H20O10. The van der Waals surface area contributed by atoms with Crippen LogP contribution in [-0.2, 0) is 12.8 Å². The molecule has 2 aromatic carbocycles. The molecule has 0 saturated heterocycles. The van der Waals surface area contributed by atoms with Gasteiger partial charge in [0.05, 0.1) is 22.3 Å². The van der Waals surface area contributed by atoms with Crippen LogP contribution in [0.1, 0.15) is 52.6 Å². The fourth-order valence-electron chi connectivity index (χ4n) is 2.74. The first-order valence-corrected chi connectivity index (χ1v) is 8.54. The number of rotatable bonds is 8. The minimum absolute atomic E-state index is 0.0398. The van der Waals surface area contributed by atoms with Crippen LogP contribution in [-0.4, -0.2) is 67.7 Å². The van der Waals surface area contributed by atoms with Gasteiger partial charge in [0.15, 0.2) is 0 Å². The lowest BCUT2D eigenvalue weighted by atomic mass is 9.92. The van der Waals surface area contributed by atoms with E-state index in [-0.39, 0.29) is 59.4 Å². The summed E-state index contributed by atoms with van der Waals surface area (Å²) >= 11 is 0. The van der Waals surface area contributed by atoms with Crippen LogP contribution in [0.2, 0.25) is 0 Å². The molecule has 10 heteroatoms. The van der Waals surface area contributed by atoms with Gasteiger partial charge in [-0.1, -0.05) is 12.1 Å².